The third kappa shape index (κ3) is 3.99. The van der Waals surface area contributed by atoms with Crippen LogP contribution in [0.1, 0.15) is 24.6 Å². The van der Waals surface area contributed by atoms with E-state index in [1.54, 1.807) is 11.5 Å². The van der Waals surface area contributed by atoms with E-state index in [-0.39, 0.29) is 0 Å². The number of piperazine rings is 1. The number of hydrogen-bond acceptors (Lipinski definition) is 6. The van der Waals surface area contributed by atoms with Gasteiger partial charge in [-0.05, 0) is 37.1 Å². The van der Waals surface area contributed by atoms with Crippen molar-refractivity contribution >= 4 is 28.3 Å². The average Bonchev–Trinajstić information content (AvgIpc) is 3.35. The normalized spacial score (nSPS) is 18.8. The van der Waals surface area contributed by atoms with Crippen LogP contribution in [-0.4, -0.2) is 53.6 Å². The van der Waals surface area contributed by atoms with E-state index in [1.165, 1.54) is 12.8 Å². The lowest BCUT2D eigenvalue weighted by molar-refractivity contribution is 0.200. The Labute approximate surface area is 151 Å². The third-order valence-corrected chi connectivity index (χ3v) is 5.55. The molecule has 0 amide bonds. The summed E-state index contributed by atoms with van der Waals surface area (Å²) in [5.74, 6) is 2.58. The highest BCUT2D eigenvalue weighted by molar-refractivity contribution is 7.09. The molecule has 0 unspecified atom stereocenters. The van der Waals surface area contributed by atoms with Crippen molar-refractivity contribution in [2.45, 2.75) is 18.8 Å². The Hall–Kier alpha value is -1.37. The van der Waals surface area contributed by atoms with E-state index in [4.69, 9.17) is 21.3 Å². The van der Waals surface area contributed by atoms with Crippen molar-refractivity contribution in [3.63, 3.8) is 0 Å². The summed E-state index contributed by atoms with van der Waals surface area (Å²) in [6.45, 7) is 5.76. The van der Waals surface area contributed by atoms with E-state index in [1.807, 2.05) is 24.3 Å². The maximum absolute atomic E-state index is 5.88. The van der Waals surface area contributed by atoms with Gasteiger partial charge in [-0.15, -0.1) is 0 Å². The van der Waals surface area contributed by atoms with Crippen LogP contribution in [0.2, 0.25) is 5.02 Å². The van der Waals surface area contributed by atoms with E-state index in [0.717, 1.165) is 54.5 Å². The summed E-state index contributed by atoms with van der Waals surface area (Å²) in [6, 6.07) is 7.53. The minimum atomic E-state index is 0.640. The van der Waals surface area contributed by atoms with Crippen molar-refractivity contribution in [3.8, 4) is 5.75 Å². The number of benzene rings is 1. The minimum Gasteiger partial charge on any atom is -0.492 e. The van der Waals surface area contributed by atoms with Crippen molar-refractivity contribution < 1.29 is 4.74 Å². The first-order valence-corrected chi connectivity index (χ1v) is 9.62. The number of anilines is 1. The zero-order valence-corrected chi connectivity index (χ0v) is 15.1. The van der Waals surface area contributed by atoms with Crippen molar-refractivity contribution in [1.29, 1.82) is 0 Å². The molecule has 0 bridgehead atoms. The monoisotopic (exact) mass is 364 g/mol. The average molecular weight is 365 g/mol. The summed E-state index contributed by atoms with van der Waals surface area (Å²) in [4.78, 5) is 9.51. The summed E-state index contributed by atoms with van der Waals surface area (Å²) < 4.78 is 10.3. The zero-order chi connectivity index (χ0) is 16.4. The van der Waals surface area contributed by atoms with Crippen LogP contribution < -0.4 is 9.64 Å². The third-order valence-electron chi connectivity index (χ3n) is 4.51. The highest BCUT2D eigenvalue weighted by atomic mass is 35.5. The fraction of sp³-hybridized carbons (Fsp3) is 0.529. The SMILES string of the molecule is Clc1ccc(OCCN2CCN(c3nc(C4CC4)ns3)CC2)cc1. The first-order valence-electron chi connectivity index (χ1n) is 8.47. The molecule has 24 heavy (non-hydrogen) atoms. The first kappa shape index (κ1) is 16.1. The molecule has 2 fully saturated rings. The Balaban J connectivity index is 1.20. The van der Waals surface area contributed by atoms with Crippen LogP contribution >= 0.6 is 23.1 Å². The van der Waals surface area contributed by atoms with Crippen molar-refractivity contribution in [3.05, 3.63) is 35.1 Å². The van der Waals surface area contributed by atoms with Crippen LogP contribution in [0.5, 0.6) is 5.75 Å². The van der Waals surface area contributed by atoms with Gasteiger partial charge in [0.2, 0.25) is 5.13 Å². The predicted octanol–water partition coefficient (Wildman–Crippen LogP) is 3.27. The van der Waals surface area contributed by atoms with Gasteiger partial charge in [0, 0.05) is 55.2 Å². The molecule has 1 aliphatic carbocycles. The Morgan fingerprint density at radius 3 is 2.58 bits per heavy atom. The molecule has 0 radical (unpaired) electrons. The van der Waals surface area contributed by atoms with Crippen LogP contribution in [0.25, 0.3) is 0 Å². The van der Waals surface area contributed by atoms with Crippen LogP contribution in [-0.2, 0) is 0 Å². The smallest absolute Gasteiger partial charge is 0.205 e. The Morgan fingerprint density at radius 2 is 1.88 bits per heavy atom. The fourth-order valence-corrected chi connectivity index (χ4v) is 3.77. The Kier molecular flexibility index (Phi) is 4.87. The van der Waals surface area contributed by atoms with Gasteiger partial charge in [0.1, 0.15) is 18.2 Å². The molecule has 1 saturated heterocycles. The quantitative estimate of drug-likeness (QED) is 0.786. The molecule has 1 aliphatic heterocycles. The second-order valence-electron chi connectivity index (χ2n) is 6.34. The van der Waals surface area contributed by atoms with Gasteiger partial charge in [-0.3, -0.25) is 4.90 Å². The van der Waals surface area contributed by atoms with E-state index in [9.17, 15) is 0 Å². The van der Waals surface area contributed by atoms with Gasteiger partial charge in [0.05, 0.1) is 0 Å². The van der Waals surface area contributed by atoms with Gasteiger partial charge >= 0.3 is 0 Å². The highest BCUT2D eigenvalue weighted by Crippen LogP contribution is 2.39. The van der Waals surface area contributed by atoms with E-state index >= 15 is 0 Å². The number of halogens is 1. The largest absolute Gasteiger partial charge is 0.492 e. The lowest BCUT2D eigenvalue weighted by Crippen LogP contribution is -2.47. The number of ether oxygens (including phenoxy) is 1. The van der Waals surface area contributed by atoms with Crippen molar-refractivity contribution in [2.75, 3.05) is 44.2 Å². The standard InChI is InChI=1S/C17H21ClN4OS/c18-14-3-5-15(6-4-14)23-12-11-21-7-9-22(10-8-21)17-19-16(20-24-17)13-1-2-13/h3-6,13H,1-2,7-12H2. The molecule has 128 valence electrons. The number of nitrogens with zero attached hydrogens (tertiary/aromatic N) is 4. The number of rotatable bonds is 6. The number of hydrogen-bond donors (Lipinski definition) is 0. The maximum Gasteiger partial charge on any atom is 0.205 e. The highest BCUT2D eigenvalue weighted by Gasteiger charge is 2.29. The van der Waals surface area contributed by atoms with E-state index < -0.39 is 0 Å². The molecule has 2 heterocycles. The molecule has 2 aromatic rings. The fourth-order valence-electron chi connectivity index (χ4n) is 2.85. The summed E-state index contributed by atoms with van der Waals surface area (Å²) in [7, 11) is 0. The molecule has 0 spiro atoms. The zero-order valence-electron chi connectivity index (χ0n) is 13.5. The summed E-state index contributed by atoms with van der Waals surface area (Å²) in [6.07, 6.45) is 2.52. The Morgan fingerprint density at radius 1 is 1.12 bits per heavy atom. The maximum atomic E-state index is 5.88. The molecule has 1 saturated carbocycles. The van der Waals surface area contributed by atoms with Crippen LogP contribution in [0.3, 0.4) is 0 Å². The van der Waals surface area contributed by atoms with E-state index in [0.29, 0.717) is 12.5 Å². The van der Waals surface area contributed by atoms with Crippen molar-refractivity contribution in [1.82, 2.24) is 14.3 Å². The first-order chi connectivity index (χ1) is 11.8. The molecule has 4 rings (SSSR count). The molecule has 7 heteroatoms. The van der Waals surface area contributed by atoms with Gasteiger partial charge < -0.3 is 9.64 Å². The molecule has 0 atom stereocenters. The lowest BCUT2D eigenvalue weighted by Gasteiger charge is -2.34. The van der Waals surface area contributed by atoms with Crippen LogP contribution in [0, 0.1) is 0 Å². The second kappa shape index (κ2) is 7.25. The van der Waals surface area contributed by atoms with Gasteiger partial charge in [-0.1, -0.05) is 11.6 Å². The summed E-state index contributed by atoms with van der Waals surface area (Å²) in [5.41, 5.74) is 0. The molecule has 2 aliphatic rings. The van der Waals surface area contributed by atoms with Crippen LogP contribution in [0.4, 0.5) is 5.13 Å². The Bertz CT molecular complexity index is 665. The molecule has 0 N–H and O–H groups in total. The van der Waals surface area contributed by atoms with Gasteiger partial charge in [0.25, 0.3) is 0 Å². The molecular formula is C17H21ClN4OS. The molecule has 1 aromatic carbocycles. The van der Waals surface area contributed by atoms with Crippen LogP contribution in [0.15, 0.2) is 24.3 Å². The summed E-state index contributed by atoms with van der Waals surface area (Å²) >= 11 is 7.43. The second-order valence-corrected chi connectivity index (χ2v) is 7.51. The number of aromatic nitrogens is 2. The van der Waals surface area contributed by atoms with Crippen molar-refractivity contribution in [2.24, 2.45) is 0 Å². The minimum absolute atomic E-state index is 0.640. The van der Waals surface area contributed by atoms with Gasteiger partial charge in [-0.2, -0.15) is 4.37 Å². The molecule has 1 aromatic heterocycles. The predicted molar refractivity (Wildman–Crippen MR) is 97.5 cm³/mol. The van der Waals surface area contributed by atoms with Gasteiger partial charge in [-0.25, -0.2) is 4.98 Å². The lowest BCUT2D eigenvalue weighted by atomic mass is 10.3. The summed E-state index contributed by atoms with van der Waals surface area (Å²) in [5, 5.41) is 1.83. The van der Waals surface area contributed by atoms with E-state index in [2.05, 4.69) is 14.2 Å². The topological polar surface area (TPSA) is 41.5 Å². The molecule has 5 nitrogen and oxygen atoms in total. The van der Waals surface area contributed by atoms with Gasteiger partial charge in [0.15, 0.2) is 0 Å². The molecular weight excluding hydrogens is 344 g/mol.